The summed E-state index contributed by atoms with van der Waals surface area (Å²) in [7, 11) is -3.00. The van der Waals surface area contributed by atoms with E-state index in [0.29, 0.717) is 12.3 Å². The van der Waals surface area contributed by atoms with Gasteiger partial charge in [0.25, 0.3) is 0 Å². The lowest BCUT2D eigenvalue weighted by molar-refractivity contribution is -0.132. The van der Waals surface area contributed by atoms with Gasteiger partial charge in [0.2, 0.25) is 5.91 Å². The first kappa shape index (κ1) is 16.7. The number of hydrogen-bond acceptors (Lipinski definition) is 4. The molecule has 122 valence electrons. The molecule has 3 unspecified atom stereocenters. The Kier molecular flexibility index (Phi) is 5.30. The molecule has 0 saturated carbocycles. The van der Waals surface area contributed by atoms with Gasteiger partial charge in [-0.05, 0) is 31.6 Å². The Bertz CT molecular complexity index is 475. The van der Waals surface area contributed by atoms with Gasteiger partial charge in [0.05, 0.1) is 23.7 Å². The van der Waals surface area contributed by atoms with E-state index in [1.54, 1.807) is 0 Å². The molecule has 0 bridgehead atoms. The van der Waals surface area contributed by atoms with Crippen LogP contribution in [0.5, 0.6) is 0 Å². The predicted octanol–water partition coefficient (Wildman–Crippen LogP) is 1.54. The standard InChI is InChI=1S/C15H28N2O3S/c1-4-6-13-15(18)17(14(16-13)9-11(2)3)12-7-5-8-21(19,20)10-12/h11-14,16H,4-10H2,1-3H3. The van der Waals surface area contributed by atoms with Gasteiger partial charge in [0.15, 0.2) is 9.84 Å². The largest absolute Gasteiger partial charge is 0.322 e. The zero-order chi connectivity index (χ0) is 15.6. The first-order valence-electron chi connectivity index (χ1n) is 8.12. The fourth-order valence-electron chi connectivity index (χ4n) is 3.49. The van der Waals surface area contributed by atoms with Crippen molar-refractivity contribution in [1.29, 1.82) is 0 Å². The van der Waals surface area contributed by atoms with Crippen LogP contribution in [0.25, 0.3) is 0 Å². The second kappa shape index (κ2) is 6.65. The van der Waals surface area contributed by atoms with Gasteiger partial charge in [-0.1, -0.05) is 27.2 Å². The molecule has 0 aliphatic carbocycles. The van der Waals surface area contributed by atoms with Crippen LogP contribution in [0.15, 0.2) is 0 Å². The highest BCUT2D eigenvalue weighted by Gasteiger charge is 2.44. The molecule has 2 aliphatic heterocycles. The molecule has 3 atom stereocenters. The summed E-state index contributed by atoms with van der Waals surface area (Å²) in [5.74, 6) is 0.975. The van der Waals surface area contributed by atoms with Crippen molar-refractivity contribution < 1.29 is 13.2 Å². The fourth-order valence-corrected chi connectivity index (χ4v) is 5.18. The van der Waals surface area contributed by atoms with Crippen molar-refractivity contribution in [3.63, 3.8) is 0 Å². The van der Waals surface area contributed by atoms with Crippen LogP contribution < -0.4 is 5.32 Å². The van der Waals surface area contributed by atoms with Gasteiger partial charge >= 0.3 is 0 Å². The lowest BCUT2D eigenvalue weighted by Gasteiger charge is -2.35. The van der Waals surface area contributed by atoms with Crippen molar-refractivity contribution in [2.75, 3.05) is 11.5 Å². The third kappa shape index (κ3) is 3.97. The van der Waals surface area contributed by atoms with E-state index in [1.807, 2.05) is 4.90 Å². The van der Waals surface area contributed by atoms with Crippen LogP contribution in [0, 0.1) is 5.92 Å². The second-order valence-corrected chi connectivity index (χ2v) is 9.04. The smallest absolute Gasteiger partial charge is 0.241 e. The van der Waals surface area contributed by atoms with Crippen LogP contribution >= 0.6 is 0 Å². The molecule has 6 heteroatoms. The normalized spacial score (nSPS) is 32.9. The van der Waals surface area contributed by atoms with Crippen molar-refractivity contribution in [3.05, 3.63) is 0 Å². The van der Waals surface area contributed by atoms with Crippen molar-refractivity contribution in [3.8, 4) is 0 Å². The molecular formula is C15H28N2O3S. The van der Waals surface area contributed by atoms with Gasteiger partial charge in [-0.3, -0.25) is 10.1 Å². The Morgan fingerprint density at radius 1 is 1.38 bits per heavy atom. The number of carbonyl (C=O) groups excluding carboxylic acids is 1. The molecule has 21 heavy (non-hydrogen) atoms. The number of sulfone groups is 1. The minimum Gasteiger partial charge on any atom is -0.322 e. The van der Waals surface area contributed by atoms with E-state index in [0.717, 1.165) is 25.7 Å². The van der Waals surface area contributed by atoms with Gasteiger partial charge in [-0.15, -0.1) is 0 Å². The molecular weight excluding hydrogens is 288 g/mol. The maximum atomic E-state index is 12.7. The summed E-state index contributed by atoms with van der Waals surface area (Å²) in [5, 5.41) is 3.43. The number of nitrogens with one attached hydrogen (secondary N) is 1. The molecule has 5 nitrogen and oxygen atoms in total. The van der Waals surface area contributed by atoms with Gasteiger partial charge in [-0.2, -0.15) is 0 Å². The average Bonchev–Trinajstić information content (AvgIpc) is 2.64. The quantitative estimate of drug-likeness (QED) is 0.835. The zero-order valence-electron chi connectivity index (χ0n) is 13.3. The summed E-state index contributed by atoms with van der Waals surface area (Å²) in [6, 6.07) is -0.280. The van der Waals surface area contributed by atoms with Crippen LogP contribution in [0.3, 0.4) is 0 Å². The van der Waals surface area contributed by atoms with E-state index >= 15 is 0 Å². The van der Waals surface area contributed by atoms with Crippen LogP contribution in [0.4, 0.5) is 0 Å². The summed E-state index contributed by atoms with van der Waals surface area (Å²) in [4.78, 5) is 14.5. The number of amides is 1. The van der Waals surface area contributed by atoms with Crippen LogP contribution in [-0.4, -0.2) is 49.0 Å². The minimum absolute atomic E-state index is 0.00708. The van der Waals surface area contributed by atoms with E-state index < -0.39 is 9.84 Å². The van der Waals surface area contributed by atoms with E-state index in [-0.39, 0.29) is 35.7 Å². The molecule has 2 rings (SSSR count). The number of rotatable bonds is 5. The lowest BCUT2D eigenvalue weighted by atomic mass is 10.1. The Labute approximate surface area is 128 Å². The minimum atomic E-state index is -3.00. The molecule has 2 aliphatic rings. The predicted molar refractivity (Wildman–Crippen MR) is 83.6 cm³/mol. The first-order chi connectivity index (χ1) is 9.84. The molecule has 0 spiro atoms. The molecule has 0 aromatic rings. The Morgan fingerprint density at radius 2 is 2.10 bits per heavy atom. The van der Waals surface area contributed by atoms with Gasteiger partial charge in [0.1, 0.15) is 0 Å². The molecule has 0 aromatic heterocycles. The molecule has 2 heterocycles. The van der Waals surface area contributed by atoms with Gasteiger partial charge < -0.3 is 4.90 Å². The fraction of sp³-hybridized carbons (Fsp3) is 0.933. The molecule has 1 amide bonds. The van der Waals surface area contributed by atoms with Crippen LogP contribution in [0.1, 0.15) is 52.9 Å². The molecule has 0 radical (unpaired) electrons. The summed E-state index contributed by atoms with van der Waals surface area (Å²) in [5.41, 5.74) is 0. The molecule has 0 aromatic carbocycles. The summed E-state index contributed by atoms with van der Waals surface area (Å²) in [6.07, 6.45) is 4.12. The van der Waals surface area contributed by atoms with Crippen LogP contribution in [-0.2, 0) is 14.6 Å². The van der Waals surface area contributed by atoms with E-state index in [2.05, 4.69) is 26.1 Å². The number of nitrogens with zero attached hydrogens (tertiary/aromatic N) is 1. The maximum absolute atomic E-state index is 12.7. The highest BCUT2D eigenvalue weighted by atomic mass is 32.2. The van der Waals surface area contributed by atoms with E-state index in [9.17, 15) is 13.2 Å². The molecule has 2 saturated heterocycles. The van der Waals surface area contributed by atoms with Crippen molar-refractivity contribution in [2.24, 2.45) is 5.92 Å². The topological polar surface area (TPSA) is 66.5 Å². The Hall–Kier alpha value is -0.620. The Morgan fingerprint density at radius 3 is 2.67 bits per heavy atom. The second-order valence-electron chi connectivity index (χ2n) is 6.81. The van der Waals surface area contributed by atoms with E-state index in [4.69, 9.17) is 0 Å². The highest BCUT2D eigenvalue weighted by molar-refractivity contribution is 7.91. The van der Waals surface area contributed by atoms with Crippen LogP contribution in [0.2, 0.25) is 0 Å². The van der Waals surface area contributed by atoms with Gasteiger partial charge in [-0.25, -0.2) is 8.42 Å². The summed E-state index contributed by atoms with van der Waals surface area (Å²) >= 11 is 0. The van der Waals surface area contributed by atoms with Crippen molar-refractivity contribution in [1.82, 2.24) is 10.2 Å². The third-order valence-electron chi connectivity index (χ3n) is 4.39. The van der Waals surface area contributed by atoms with Crippen molar-refractivity contribution >= 4 is 15.7 Å². The van der Waals surface area contributed by atoms with E-state index in [1.165, 1.54) is 0 Å². The Balaban J connectivity index is 2.17. The zero-order valence-corrected chi connectivity index (χ0v) is 14.2. The SMILES string of the molecule is CCCC1NC(CC(C)C)N(C2CCCS(=O)(=O)C2)C1=O. The third-order valence-corrected chi connectivity index (χ3v) is 6.19. The molecule has 1 N–H and O–H groups in total. The monoisotopic (exact) mass is 316 g/mol. The highest BCUT2D eigenvalue weighted by Crippen LogP contribution is 2.27. The summed E-state index contributed by atoms with van der Waals surface area (Å²) in [6.45, 7) is 6.34. The van der Waals surface area contributed by atoms with Crippen molar-refractivity contribution in [2.45, 2.75) is 71.1 Å². The summed E-state index contributed by atoms with van der Waals surface area (Å²) < 4.78 is 23.8. The number of hydrogen-bond donors (Lipinski definition) is 1. The number of carbonyl (C=O) groups is 1. The van der Waals surface area contributed by atoms with Gasteiger partial charge in [0, 0.05) is 6.04 Å². The molecule has 2 fully saturated rings. The maximum Gasteiger partial charge on any atom is 0.241 e. The lowest BCUT2D eigenvalue weighted by Crippen LogP contribution is -2.50. The first-order valence-corrected chi connectivity index (χ1v) is 9.95. The average molecular weight is 316 g/mol.